The van der Waals surface area contributed by atoms with E-state index in [2.05, 4.69) is 5.16 Å². The van der Waals surface area contributed by atoms with Gasteiger partial charge in [0.25, 0.3) is 5.91 Å². The number of aryl methyl sites for hydroxylation is 2. The summed E-state index contributed by atoms with van der Waals surface area (Å²) >= 11 is 0. The zero-order valence-corrected chi connectivity index (χ0v) is 16.2. The number of hydrogen-bond donors (Lipinski definition) is 0. The fraction of sp³-hybridized carbons (Fsp3) is 0.545. The molecule has 144 valence electrons. The standard InChI is InChI=1S/C22H28N2O3/c1-15-21(16(2)27-23-15)14-26-20-9-5-8-18(12-20)22(25)24-11-10-17-6-3-4-7-19(17)13-24/h5,8-9,12,17,19H,3-4,6-7,10-11,13-14H2,1-2H3/t17-,19+/m1/s1. The van der Waals surface area contributed by atoms with Crippen molar-refractivity contribution >= 4 is 5.91 Å². The summed E-state index contributed by atoms with van der Waals surface area (Å²) < 4.78 is 11.1. The monoisotopic (exact) mass is 368 g/mol. The third kappa shape index (κ3) is 3.87. The van der Waals surface area contributed by atoms with Crippen LogP contribution >= 0.6 is 0 Å². The van der Waals surface area contributed by atoms with Crippen LogP contribution in [0.4, 0.5) is 0 Å². The fourth-order valence-electron chi connectivity index (χ4n) is 4.55. The van der Waals surface area contributed by atoms with Gasteiger partial charge >= 0.3 is 0 Å². The molecule has 2 fully saturated rings. The van der Waals surface area contributed by atoms with Gasteiger partial charge in [-0.3, -0.25) is 4.79 Å². The van der Waals surface area contributed by atoms with E-state index in [9.17, 15) is 4.79 Å². The Labute approximate surface area is 160 Å². The predicted octanol–water partition coefficient (Wildman–Crippen LogP) is 4.52. The van der Waals surface area contributed by atoms with Crippen LogP contribution in [0.15, 0.2) is 28.8 Å². The van der Waals surface area contributed by atoms with Crippen molar-refractivity contribution in [2.24, 2.45) is 11.8 Å². The average Bonchev–Trinajstić information content (AvgIpc) is 3.03. The summed E-state index contributed by atoms with van der Waals surface area (Å²) in [6, 6.07) is 7.52. The average molecular weight is 368 g/mol. The minimum absolute atomic E-state index is 0.127. The van der Waals surface area contributed by atoms with Crippen molar-refractivity contribution in [2.45, 2.75) is 52.6 Å². The lowest BCUT2D eigenvalue weighted by atomic mass is 9.75. The van der Waals surface area contributed by atoms with Crippen LogP contribution in [0.1, 0.15) is 59.5 Å². The summed E-state index contributed by atoms with van der Waals surface area (Å²) in [5, 5.41) is 3.95. The molecule has 2 atom stereocenters. The molecule has 5 heteroatoms. The lowest BCUT2D eigenvalue weighted by Gasteiger charge is -2.41. The number of nitrogens with zero attached hydrogens (tertiary/aromatic N) is 2. The van der Waals surface area contributed by atoms with Crippen molar-refractivity contribution in [3.8, 4) is 5.75 Å². The number of benzene rings is 1. The molecular formula is C22H28N2O3. The topological polar surface area (TPSA) is 55.6 Å². The Morgan fingerprint density at radius 2 is 2.04 bits per heavy atom. The zero-order valence-electron chi connectivity index (χ0n) is 16.2. The first-order valence-corrected chi connectivity index (χ1v) is 10.1. The molecule has 0 N–H and O–H groups in total. The number of hydrogen-bond acceptors (Lipinski definition) is 4. The summed E-state index contributed by atoms with van der Waals surface area (Å²) in [6.45, 7) is 5.97. The van der Waals surface area contributed by atoms with Crippen LogP contribution in [0.3, 0.4) is 0 Å². The molecule has 27 heavy (non-hydrogen) atoms. The maximum absolute atomic E-state index is 13.0. The second-order valence-corrected chi connectivity index (χ2v) is 7.96. The van der Waals surface area contributed by atoms with E-state index in [0.29, 0.717) is 23.8 Å². The molecule has 5 nitrogen and oxygen atoms in total. The lowest BCUT2D eigenvalue weighted by molar-refractivity contribution is 0.0520. The van der Waals surface area contributed by atoms with Crippen LogP contribution in [0.25, 0.3) is 0 Å². The van der Waals surface area contributed by atoms with Gasteiger partial charge in [-0.15, -0.1) is 0 Å². The molecule has 1 saturated carbocycles. The Hall–Kier alpha value is -2.30. The van der Waals surface area contributed by atoms with Gasteiger partial charge in [0.05, 0.1) is 11.3 Å². The molecule has 1 aliphatic heterocycles. The maximum Gasteiger partial charge on any atom is 0.253 e. The van der Waals surface area contributed by atoms with Gasteiger partial charge in [-0.05, 0) is 56.7 Å². The van der Waals surface area contributed by atoms with Crippen LogP contribution in [0.5, 0.6) is 5.75 Å². The largest absolute Gasteiger partial charge is 0.489 e. The second kappa shape index (κ2) is 7.75. The van der Waals surface area contributed by atoms with Gasteiger partial charge in [-0.1, -0.05) is 30.5 Å². The summed E-state index contributed by atoms with van der Waals surface area (Å²) in [7, 11) is 0. The molecule has 1 aromatic heterocycles. The first-order chi connectivity index (χ1) is 13.1. The molecule has 2 heterocycles. The Balaban J connectivity index is 1.41. The molecule has 2 aliphatic rings. The van der Waals surface area contributed by atoms with Gasteiger partial charge in [0, 0.05) is 18.7 Å². The van der Waals surface area contributed by atoms with E-state index in [4.69, 9.17) is 9.26 Å². The van der Waals surface area contributed by atoms with Crippen molar-refractivity contribution < 1.29 is 14.1 Å². The normalized spacial score (nSPS) is 22.4. The second-order valence-electron chi connectivity index (χ2n) is 7.96. The minimum atomic E-state index is 0.127. The number of piperidine rings is 1. The number of likely N-dealkylation sites (tertiary alicyclic amines) is 1. The van der Waals surface area contributed by atoms with Gasteiger partial charge in [0.2, 0.25) is 0 Å². The summed E-state index contributed by atoms with van der Waals surface area (Å²) in [5.74, 6) is 3.12. The van der Waals surface area contributed by atoms with Crippen molar-refractivity contribution in [2.75, 3.05) is 13.1 Å². The molecule has 1 saturated heterocycles. The number of carbonyl (C=O) groups is 1. The molecule has 0 bridgehead atoms. The number of carbonyl (C=O) groups excluding carboxylic acids is 1. The Morgan fingerprint density at radius 3 is 2.81 bits per heavy atom. The van der Waals surface area contributed by atoms with E-state index in [-0.39, 0.29) is 5.91 Å². The van der Waals surface area contributed by atoms with Crippen molar-refractivity contribution in [1.82, 2.24) is 10.1 Å². The van der Waals surface area contributed by atoms with Crippen molar-refractivity contribution in [3.63, 3.8) is 0 Å². The SMILES string of the molecule is Cc1noc(C)c1COc1cccc(C(=O)N2CC[C@H]3CCCC[C@H]3C2)c1. The van der Waals surface area contributed by atoms with E-state index in [1.807, 2.05) is 43.0 Å². The van der Waals surface area contributed by atoms with Crippen LogP contribution in [-0.4, -0.2) is 29.1 Å². The number of fused-ring (bicyclic) bond motifs is 1. The van der Waals surface area contributed by atoms with Gasteiger partial charge in [0.1, 0.15) is 18.1 Å². The molecule has 1 aliphatic carbocycles. The number of aromatic nitrogens is 1. The highest BCUT2D eigenvalue weighted by molar-refractivity contribution is 5.94. The third-order valence-corrected chi connectivity index (χ3v) is 6.22. The van der Waals surface area contributed by atoms with Gasteiger partial charge in [-0.2, -0.15) is 0 Å². The number of rotatable bonds is 4. The Bertz CT molecular complexity index is 794. The Kier molecular flexibility index (Phi) is 5.19. The minimum Gasteiger partial charge on any atom is -0.489 e. The molecule has 0 spiro atoms. The van der Waals surface area contributed by atoms with E-state index in [1.54, 1.807) is 0 Å². The summed E-state index contributed by atoms with van der Waals surface area (Å²) in [4.78, 5) is 15.1. The van der Waals surface area contributed by atoms with E-state index in [0.717, 1.165) is 42.4 Å². The van der Waals surface area contributed by atoms with Crippen LogP contribution < -0.4 is 4.74 Å². The highest BCUT2D eigenvalue weighted by Gasteiger charge is 2.33. The van der Waals surface area contributed by atoms with E-state index in [1.165, 1.54) is 25.7 Å². The fourth-order valence-corrected chi connectivity index (χ4v) is 4.55. The molecule has 0 unspecified atom stereocenters. The van der Waals surface area contributed by atoms with Gasteiger partial charge in [0.15, 0.2) is 0 Å². The third-order valence-electron chi connectivity index (χ3n) is 6.22. The van der Waals surface area contributed by atoms with Crippen molar-refractivity contribution in [1.29, 1.82) is 0 Å². The molecule has 1 aromatic carbocycles. The molecule has 1 amide bonds. The van der Waals surface area contributed by atoms with E-state index < -0.39 is 0 Å². The molecule has 2 aromatic rings. The van der Waals surface area contributed by atoms with Crippen molar-refractivity contribution in [3.05, 3.63) is 46.8 Å². The molecular weight excluding hydrogens is 340 g/mol. The summed E-state index contributed by atoms with van der Waals surface area (Å²) in [5.41, 5.74) is 2.52. The zero-order chi connectivity index (χ0) is 18.8. The molecule has 0 radical (unpaired) electrons. The number of amides is 1. The number of ether oxygens (including phenoxy) is 1. The first kappa shape index (κ1) is 18.1. The highest BCUT2D eigenvalue weighted by atomic mass is 16.5. The van der Waals surface area contributed by atoms with Gasteiger partial charge in [-0.25, -0.2) is 0 Å². The quantitative estimate of drug-likeness (QED) is 0.796. The van der Waals surface area contributed by atoms with E-state index >= 15 is 0 Å². The van der Waals surface area contributed by atoms with Crippen LogP contribution in [-0.2, 0) is 6.61 Å². The predicted molar refractivity (Wildman–Crippen MR) is 103 cm³/mol. The highest BCUT2D eigenvalue weighted by Crippen LogP contribution is 2.36. The Morgan fingerprint density at radius 1 is 1.22 bits per heavy atom. The summed E-state index contributed by atoms with van der Waals surface area (Å²) in [6.07, 6.45) is 6.44. The van der Waals surface area contributed by atoms with Crippen LogP contribution in [0.2, 0.25) is 0 Å². The van der Waals surface area contributed by atoms with Gasteiger partial charge < -0.3 is 14.2 Å². The van der Waals surface area contributed by atoms with Crippen LogP contribution in [0, 0.1) is 25.7 Å². The smallest absolute Gasteiger partial charge is 0.253 e. The maximum atomic E-state index is 13.0. The lowest BCUT2D eigenvalue weighted by Crippen LogP contribution is -2.44. The first-order valence-electron chi connectivity index (χ1n) is 10.1. The molecule has 4 rings (SSSR count).